The molecular formula is C14H31N. The van der Waals surface area contributed by atoms with E-state index in [4.69, 9.17) is 0 Å². The molecule has 0 aliphatic carbocycles. The summed E-state index contributed by atoms with van der Waals surface area (Å²) in [6.45, 7) is 8.19. The molecule has 0 bridgehead atoms. The average Bonchev–Trinajstić information content (AvgIpc) is 2.23. The second kappa shape index (κ2) is 10.5. The Morgan fingerprint density at radius 3 is 2.20 bits per heavy atom. The molecule has 0 rings (SSSR count). The molecule has 0 aromatic carbocycles. The van der Waals surface area contributed by atoms with E-state index in [1.165, 1.54) is 51.5 Å². The first-order valence-corrected chi connectivity index (χ1v) is 6.89. The molecule has 92 valence electrons. The summed E-state index contributed by atoms with van der Waals surface area (Å²) in [5.41, 5.74) is 0. The minimum Gasteiger partial charge on any atom is -0.319 e. The van der Waals surface area contributed by atoms with Gasteiger partial charge in [0, 0.05) is 0 Å². The molecule has 1 nitrogen and oxygen atoms in total. The van der Waals surface area contributed by atoms with E-state index in [0.717, 1.165) is 11.8 Å². The quantitative estimate of drug-likeness (QED) is 0.536. The summed E-state index contributed by atoms with van der Waals surface area (Å²) in [5, 5.41) is 3.29. The van der Waals surface area contributed by atoms with Gasteiger partial charge in [-0.15, -0.1) is 0 Å². The van der Waals surface area contributed by atoms with E-state index in [2.05, 4.69) is 33.1 Å². The molecular weight excluding hydrogens is 182 g/mol. The van der Waals surface area contributed by atoms with Gasteiger partial charge in [-0.3, -0.25) is 0 Å². The standard InChI is InChI=1S/C14H31N/c1-5-9-13(3)10-7-8-11-14(6-2)12-15-4/h13-15H,5-12H2,1-4H3. The molecule has 0 fully saturated rings. The van der Waals surface area contributed by atoms with Crippen LogP contribution >= 0.6 is 0 Å². The van der Waals surface area contributed by atoms with Crippen LogP contribution in [0.2, 0.25) is 0 Å². The largest absolute Gasteiger partial charge is 0.319 e. The van der Waals surface area contributed by atoms with Crippen LogP contribution in [0.1, 0.15) is 65.7 Å². The van der Waals surface area contributed by atoms with Crippen molar-refractivity contribution in [3.8, 4) is 0 Å². The van der Waals surface area contributed by atoms with Crippen LogP contribution in [0.25, 0.3) is 0 Å². The molecule has 0 aromatic rings. The van der Waals surface area contributed by atoms with E-state index in [-0.39, 0.29) is 0 Å². The van der Waals surface area contributed by atoms with Crippen molar-refractivity contribution in [1.82, 2.24) is 5.32 Å². The van der Waals surface area contributed by atoms with Gasteiger partial charge in [0.1, 0.15) is 0 Å². The zero-order valence-corrected chi connectivity index (χ0v) is 11.3. The molecule has 2 unspecified atom stereocenters. The number of hydrogen-bond acceptors (Lipinski definition) is 1. The van der Waals surface area contributed by atoms with Crippen molar-refractivity contribution in [2.45, 2.75) is 65.7 Å². The number of rotatable bonds is 10. The maximum absolute atomic E-state index is 3.29. The highest BCUT2D eigenvalue weighted by Crippen LogP contribution is 2.17. The van der Waals surface area contributed by atoms with Crippen LogP contribution in [0.4, 0.5) is 0 Å². The Hall–Kier alpha value is -0.0400. The Kier molecular flexibility index (Phi) is 10.4. The SMILES string of the molecule is CCCC(C)CCCCC(CC)CNC. The fraction of sp³-hybridized carbons (Fsp3) is 1.00. The molecule has 0 aliphatic rings. The fourth-order valence-corrected chi connectivity index (χ4v) is 2.30. The summed E-state index contributed by atoms with van der Waals surface area (Å²) in [7, 11) is 2.06. The lowest BCUT2D eigenvalue weighted by Gasteiger charge is -2.15. The highest BCUT2D eigenvalue weighted by Gasteiger charge is 2.05. The Bertz CT molecular complexity index is 123. The molecule has 0 spiro atoms. The predicted octanol–water partition coefficient (Wildman–Crippen LogP) is 4.23. The first-order valence-electron chi connectivity index (χ1n) is 6.89. The fourth-order valence-electron chi connectivity index (χ4n) is 2.30. The summed E-state index contributed by atoms with van der Waals surface area (Å²) in [6.07, 6.45) is 9.78. The summed E-state index contributed by atoms with van der Waals surface area (Å²) in [6, 6.07) is 0. The van der Waals surface area contributed by atoms with Crippen LogP contribution in [-0.2, 0) is 0 Å². The molecule has 0 aliphatic heterocycles. The Morgan fingerprint density at radius 1 is 1.00 bits per heavy atom. The maximum Gasteiger partial charge on any atom is -0.00236 e. The third-order valence-electron chi connectivity index (χ3n) is 3.41. The molecule has 0 heterocycles. The van der Waals surface area contributed by atoms with Crippen LogP contribution in [0, 0.1) is 11.8 Å². The predicted molar refractivity (Wildman–Crippen MR) is 70.2 cm³/mol. The van der Waals surface area contributed by atoms with E-state index >= 15 is 0 Å². The van der Waals surface area contributed by atoms with Gasteiger partial charge in [0.25, 0.3) is 0 Å². The summed E-state index contributed by atoms with van der Waals surface area (Å²) < 4.78 is 0. The van der Waals surface area contributed by atoms with E-state index in [1.807, 2.05) is 0 Å². The maximum atomic E-state index is 3.29. The van der Waals surface area contributed by atoms with Gasteiger partial charge in [0.05, 0.1) is 0 Å². The molecule has 0 amide bonds. The first kappa shape index (κ1) is 15.0. The Balaban J connectivity index is 3.35. The van der Waals surface area contributed by atoms with Gasteiger partial charge >= 0.3 is 0 Å². The van der Waals surface area contributed by atoms with Crippen LogP contribution in [0.15, 0.2) is 0 Å². The third kappa shape index (κ3) is 8.92. The zero-order valence-electron chi connectivity index (χ0n) is 11.3. The van der Waals surface area contributed by atoms with Gasteiger partial charge in [0.2, 0.25) is 0 Å². The first-order chi connectivity index (χ1) is 7.24. The number of nitrogens with one attached hydrogen (secondary N) is 1. The van der Waals surface area contributed by atoms with E-state index in [0.29, 0.717) is 0 Å². The average molecular weight is 213 g/mol. The van der Waals surface area contributed by atoms with Gasteiger partial charge < -0.3 is 5.32 Å². The molecule has 1 heteroatoms. The second-order valence-corrected chi connectivity index (χ2v) is 5.01. The molecule has 1 N–H and O–H groups in total. The van der Waals surface area contributed by atoms with Crippen molar-refractivity contribution in [3.05, 3.63) is 0 Å². The summed E-state index contributed by atoms with van der Waals surface area (Å²) in [5.74, 6) is 1.84. The lowest BCUT2D eigenvalue weighted by Crippen LogP contribution is -2.18. The Labute approximate surface area is 97.0 Å². The third-order valence-corrected chi connectivity index (χ3v) is 3.41. The van der Waals surface area contributed by atoms with Crippen molar-refractivity contribution in [3.63, 3.8) is 0 Å². The number of hydrogen-bond donors (Lipinski definition) is 1. The van der Waals surface area contributed by atoms with Gasteiger partial charge in [-0.05, 0) is 31.8 Å². The minimum atomic E-state index is 0.900. The summed E-state index contributed by atoms with van der Waals surface area (Å²) in [4.78, 5) is 0. The molecule has 0 saturated carbocycles. The molecule has 2 atom stereocenters. The highest BCUT2D eigenvalue weighted by molar-refractivity contribution is 4.60. The second-order valence-electron chi connectivity index (χ2n) is 5.01. The van der Waals surface area contributed by atoms with Crippen molar-refractivity contribution in [2.75, 3.05) is 13.6 Å². The van der Waals surface area contributed by atoms with Crippen LogP contribution in [-0.4, -0.2) is 13.6 Å². The van der Waals surface area contributed by atoms with Crippen molar-refractivity contribution in [1.29, 1.82) is 0 Å². The highest BCUT2D eigenvalue weighted by atomic mass is 14.8. The van der Waals surface area contributed by atoms with Crippen LogP contribution in [0.3, 0.4) is 0 Å². The topological polar surface area (TPSA) is 12.0 Å². The van der Waals surface area contributed by atoms with Gasteiger partial charge in [-0.25, -0.2) is 0 Å². The minimum absolute atomic E-state index is 0.900. The summed E-state index contributed by atoms with van der Waals surface area (Å²) >= 11 is 0. The molecule has 15 heavy (non-hydrogen) atoms. The molecule has 0 aromatic heterocycles. The lowest BCUT2D eigenvalue weighted by molar-refractivity contribution is 0.401. The molecule has 0 radical (unpaired) electrons. The number of unbranched alkanes of at least 4 members (excludes halogenated alkanes) is 1. The van der Waals surface area contributed by atoms with E-state index < -0.39 is 0 Å². The molecule has 0 saturated heterocycles. The van der Waals surface area contributed by atoms with Crippen molar-refractivity contribution in [2.24, 2.45) is 11.8 Å². The zero-order chi connectivity index (χ0) is 11.5. The monoisotopic (exact) mass is 213 g/mol. The lowest BCUT2D eigenvalue weighted by atomic mass is 9.94. The normalized spacial score (nSPS) is 15.2. The van der Waals surface area contributed by atoms with Crippen molar-refractivity contribution < 1.29 is 0 Å². The Morgan fingerprint density at radius 2 is 1.67 bits per heavy atom. The van der Waals surface area contributed by atoms with Crippen molar-refractivity contribution >= 4 is 0 Å². The van der Waals surface area contributed by atoms with E-state index in [9.17, 15) is 0 Å². The smallest absolute Gasteiger partial charge is 0.00236 e. The van der Waals surface area contributed by atoms with E-state index in [1.54, 1.807) is 0 Å². The van der Waals surface area contributed by atoms with Gasteiger partial charge in [-0.1, -0.05) is 59.3 Å². The van der Waals surface area contributed by atoms with Crippen LogP contribution < -0.4 is 5.32 Å². The van der Waals surface area contributed by atoms with Gasteiger partial charge in [-0.2, -0.15) is 0 Å². The van der Waals surface area contributed by atoms with Gasteiger partial charge in [0.15, 0.2) is 0 Å². The van der Waals surface area contributed by atoms with Crippen LogP contribution in [0.5, 0.6) is 0 Å².